The third-order valence-electron chi connectivity index (χ3n) is 4.87. The Kier molecular flexibility index (Phi) is 6.35. The van der Waals surface area contributed by atoms with Gasteiger partial charge in [-0.25, -0.2) is 0 Å². The van der Waals surface area contributed by atoms with Crippen LogP contribution in [0, 0.1) is 5.92 Å². The Labute approximate surface area is 152 Å². The highest BCUT2D eigenvalue weighted by molar-refractivity contribution is 5.80. The van der Waals surface area contributed by atoms with Crippen molar-refractivity contribution in [2.24, 2.45) is 5.92 Å². The summed E-state index contributed by atoms with van der Waals surface area (Å²) >= 11 is 0. The largest absolute Gasteiger partial charge is 0.394 e. The Morgan fingerprint density at radius 2 is 2.00 bits per heavy atom. The normalized spacial score (nSPS) is 25.3. The fraction of sp³-hybridized carbons (Fsp3) is 0.526. The summed E-state index contributed by atoms with van der Waals surface area (Å²) in [6.07, 6.45) is 9.11. The fourth-order valence-corrected chi connectivity index (χ4v) is 3.04. The van der Waals surface area contributed by atoms with Gasteiger partial charge in [0.1, 0.15) is 6.10 Å². The summed E-state index contributed by atoms with van der Waals surface area (Å²) < 4.78 is 5.78. The molecular formula is C19H25N3O4. The maximum absolute atomic E-state index is 12.1. The van der Waals surface area contributed by atoms with Gasteiger partial charge in [0, 0.05) is 24.9 Å². The number of nitrogens with zero attached hydrogens (tertiary/aromatic N) is 1. The monoisotopic (exact) mass is 359 g/mol. The molecule has 1 fully saturated rings. The van der Waals surface area contributed by atoms with Gasteiger partial charge in [-0.05, 0) is 30.5 Å². The van der Waals surface area contributed by atoms with Crippen molar-refractivity contribution in [1.82, 2.24) is 15.6 Å². The highest BCUT2D eigenvalue weighted by atomic mass is 16.5. The van der Waals surface area contributed by atoms with Crippen molar-refractivity contribution < 1.29 is 19.4 Å². The number of pyridine rings is 1. The number of hydrogen-bond acceptors (Lipinski definition) is 5. The Morgan fingerprint density at radius 1 is 1.23 bits per heavy atom. The number of hydrogen-bond donors (Lipinski definition) is 3. The summed E-state index contributed by atoms with van der Waals surface area (Å²) in [5.41, 5.74) is 0.973. The molecule has 0 aromatic carbocycles. The molecule has 2 heterocycles. The van der Waals surface area contributed by atoms with E-state index in [1.165, 1.54) is 0 Å². The number of carbonyl (C=O) groups excluding carboxylic acids is 2. The van der Waals surface area contributed by atoms with E-state index in [2.05, 4.69) is 15.6 Å². The van der Waals surface area contributed by atoms with E-state index in [4.69, 9.17) is 4.74 Å². The van der Waals surface area contributed by atoms with Crippen molar-refractivity contribution in [2.45, 2.75) is 50.5 Å². The van der Waals surface area contributed by atoms with Crippen molar-refractivity contribution >= 4 is 11.8 Å². The molecule has 26 heavy (non-hydrogen) atoms. The first-order valence-corrected chi connectivity index (χ1v) is 9.06. The van der Waals surface area contributed by atoms with Gasteiger partial charge in [0.2, 0.25) is 11.8 Å². The van der Waals surface area contributed by atoms with E-state index < -0.39 is 12.2 Å². The van der Waals surface area contributed by atoms with Crippen LogP contribution in [0.15, 0.2) is 36.7 Å². The van der Waals surface area contributed by atoms with Crippen LogP contribution >= 0.6 is 0 Å². The molecule has 0 spiro atoms. The highest BCUT2D eigenvalue weighted by Gasteiger charge is 2.32. The summed E-state index contributed by atoms with van der Waals surface area (Å²) in [7, 11) is 0. The summed E-state index contributed by atoms with van der Waals surface area (Å²) in [6, 6.07) is 3.33. The molecule has 1 aromatic heterocycles. The quantitative estimate of drug-likeness (QED) is 0.622. The molecule has 7 nitrogen and oxygen atoms in total. The van der Waals surface area contributed by atoms with Gasteiger partial charge in [-0.2, -0.15) is 0 Å². The summed E-state index contributed by atoms with van der Waals surface area (Å²) in [6.45, 7) is 0.219. The molecule has 2 aliphatic rings. The average molecular weight is 359 g/mol. The zero-order valence-electron chi connectivity index (χ0n) is 14.6. The van der Waals surface area contributed by atoms with Gasteiger partial charge in [-0.1, -0.05) is 18.6 Å². The number of amides is 2. The van der Waals surface area contributed by atoms with Crippen molar-refractivity contribution in [3.8, 4) is 0 Å². The minimum absolute atomic E-state index is 0.0153. The number of rotatable bonds is 7. The smallest absolute Gasteiger partial charge is 0.223 e. The van der Waals surface area contributed by atoms with Crippen LogP contribution in [0.3, 0.4) is 0 Å². The van der Waals surface area contributed by atoms with Crippen molar-refractivity contribution in [2.75, 3.05) is 6.61 Å². The molecule has 3 N–H and O–H groups in total. The van der Waals surface area contributed by atoms with Crippen molar-refractivity contribution in [3.05, 3.63) is 42.2 Å². The number of aromatic nitrogens is 1. The molecule has 1 aromatic rings. The number of nitrogens with one attached hydrogen (secondary N) is 2. The van der Waals surface area contributed by atoms with Gasteiger partial charge in [0.25, 0.3) is 0 Å². The zero-order chi connectivity index (χ0) is 18.4. The van der Waals surface area contributed by atoms with Crippen molar-refractivity contribution in [1.29, 1.82) is 0 Å². The topological polar surface area (TPSA) is 101 Å². The molecule has 3 atom stereocenters. The van der Waals surface area contributed by atoms with E-state index in [1.807, 2.05) is 18.2 Å². The Morgan fingerprint density at radius 3 is 2.65 bits per heavy atom. The average Bonchev–Trinajstić information content (AvgIpc) is 2.60. The molecule has 3 rings (SSSR count). The summed E-state index contributed by atoms with van der Waals surface area (Å²) in [5.74, 6) is -0.0361. The van der Waals surface area contributed by atoms with E-state index in [9.17, 15) is 14.7 Å². The van der Waals surface area contributed by atoms with Gasteiger partial charge in [-0.3, -0.25) is 14.6 Å². The predicted octanol–water partition coefficient (Wildman–Crippen LogP) is 0.689. The number of ether oxygens (including phenoxy) is 1. The van der Waals surface area contributed by atoms with Crippen LogP contribution in [-0.2, 0) is 20.9 Å². The fourth-order valence-electron chi connectivity index (χ4n) is 3.04. The molecule has 140 valence electrons. The van der Waals surface area contributed by atoms with Crippen LogP contribution in [0.4, 0.5) is 0 Å². The first-order valence-electron chi connectivity index (χ1n) is 9.06. The van der Waals surface area contributed by atoms with Crippen LogP contribution in [0.2, 0.25) is 0 Å². The molecule has 1 aliphatic carbocycles. The zero-order valence-corrected chi connectivity index (χ0v) is 14.6. The third kappa shape index (κ3) is 4.89. The third-order valence-corrected chi connectivity index (χ3v) is 4.87. The predicted molar refractivity (Wildman–Crippen MR) is 94.9 cm³/mol. The van der Waals surface area contributed by atoms with E-state index in [-0.39, 0.29) is 36.8 Å². The number of aliphatic hydroxyl groups excluding tert-OH is 1. The molecular weight excluding hydrogens is 334 g/mol. The number of carbonyl (C=O) groups is 2. The molecule has 0 bridgehead atoms. The second-order valence-corrected chi connectivity index (χ2v) is 6.78. The van der Waals surface area contributed by atoms with Gasteiger partial charge in [-0.15, -0.1) is 0 Å². The van der Waals surface area contributed by atoms with Crippen LogP contribution in [0.1, 0.15) is 31.2 Å². The molecule has 0 unspecified atom stereocenters. The maximum atomic E-state index is 12.1. The second kappa shape index (κ2) is 8.91. The minimum atomic E-state index is -0.540. The lowest BCUT2D eigenvalue weighted by Crippen LogP contribution is -2.51. The highest BCUT2D eigenvalue weighted by Crippen LogP contribution is 2.27. The molecule has 2 amide bonds. The lowest BCUT2D eigenvalue weighted by Gasteiger charge is -2.33. The van der Waals surface area contributed by atoms with Gasteiger partial charge in [0.05, 0.1) is 25.2 Å². The van der Waals surface area contributed by atoms with Crippen LogP contribution < -0.4 is 10.6 Å². The first kappa shape index (κ1) is 18.5. The first-order chi connectivity index (χ1) is 12.7. The maximum Gasteiger partial charge on any atom is 0.223 e. The van der Waals surface area contributed by atoms with Crippen LogP contribution in [0.5, 0.6) is 0 Å². The summed E-state index contributed by atoms with van der Waals surface area (Å²) in [5, 5.41) is 15.3. The van der Waals surface area contributed by atoms with Crippen LogP contribution in [-0.4, -0.2) is 46.8 Å². The van der Waals surface area contributed by atoms with E-state index >= 15 is 0 Å². The minimum Gasteiger partial charge on any atom is -0.394 e. The van der Waals surface area contributed by atoms with Gasteiger partial charge >= 0.3 is 0 Å². The van der Waals surface area contributed by atoms with Gasteiger partial charge in [0.15, 0.2) is 0 Å². The van der Waals surface area contributed by atoms with E-state index in [1.54, 1.807) is 18.5 Å². The second-order valence-electron chi connectivity index (χ2n) is 6.78. The van der Waals surface area contributed by atoms with E-state index in [0.717, 1.165) is 24.8 Å². The Hall–Kier alpha value is -2.25. The molecule has 1 aliphatic heterocycles. The summed E-state index contributed by atoms with van der Waals surface area (Å²) in [4.78, 5) is 28.1. The molecule has 7 heteroatoms. The lowest BCUT2D eigenvalue weighted by atomic mass is 9.84. The Bertz CT molecular complexity index is 645. The van der Waals surface area contributed by atoms with Crippen LogP contribution in [0.25, 0.3) is 0 Å². The molecule has 0 saturated heterocycles. The van der Waals surface area contributed by atoms with E-state index in [0.29, 0.717) is 6.54 Å². The standard InChI is InChI=1S/C19H25N3O4/c23-12-17-16(22-19(25)14-2-1-3-14)5-4-15(26-17)10-18(24)21-11-13-6-8-20-9-7-13/h4-9,14-17,23H,1-3,10-12H2,(H,21,24)(H,22,25)/t15-,16-,17+/m0/s1. The van der Waals surface area contributed by atoms with Gasteiger partial charge < -0.3 is 20.5 Å². The Balaban J connectivity index is 1.47. The lowest BCUT2D eigenvalue weighted by molar-refractivity contribution is -0.132. The number of aliphatic hydroxyl groups is 1. The SMILES string of the molecule is O=C(C[C@@H]1C=C[C@H](NC(=O)C2CCC2)[C@@H](CO)O1)NCc1ccncc1. The van der Waals surface area contributed by atoms with Crippen molar-refractivity contribution in [3.63, 3.8) is 0 Å². The molecule has 1 saturated carbocycles. The molecule has 0 radical (unpaired) electrons.